The molecule has 6 heteroatoms. The standard InChI is InChI=1S/C11H18N2O4/c1-3-8(5-6-14)12-11-13-9(7-17-11)10(15)16-4-2/h7-8,14H,3-6H2,1-2H3,(H,12,13). The SMILES string of the molecule is CCOC(=O)c1coc(NC(CC)CCO)n1. The van der Waals surface area contributed by atoms with Crippen LogP contribution in [0.3, 0.4) is 0 Å². The molecule has 0 fully saturated rings. The van der Waals surface area contributed by atoms with Gasteiger partial charge in [0.1, 0.15) is 6.26 Å². The van der Waals surface area contributed by atoms with Crippen LogP contribution in [0.1, 0.15) is 37.2 Å². The molecule has 96 valence electrons. The van der Waals surface area contributed by atoms with Crippen molar-refractivity contribution in [2.75, 3.05) is 18.5 Å². The lowest BCUT2D eigenvalue weighted by Gasteiger charge is -2.13. The molecule has 0 bridgehead atoms. The first kappa shape index (κ1) is 13.5. The minimum atomic E-state index is -0.500. The lowest BCUT2D eigenvalue weighted by molar-refractivity contribution is 0.0519. The number of esters is 1. The normalized spacial score (nSPS) is 12.2. The zero-order valence-corrected chi connectivity index (χ0v) is 10.1. The van der Waals surface area contributed by atoms with Gasteiger partial charge >= 0.3 is 5.97 Å². The molecule has 1 unspecified atom stereocenters. The lowest BCUT2D eigenvalue weighted by Crippen LogP contribution is -2.20. The van der Waals surface area contributed by atoms with Gasteiger partial charge in [0.25, 0.3) is 6.01 Å². The highest BCUT2D eigenvalue weighted by atomic mass is 16.5. The Morgan fingerprint density at radius 2 is 2.41 bits per heavy atom. The molecule has 1 aromatic heterocycles. The minimum Gasteiger partial charge on any atom is -0.461 e. The van der Waals surface area contributed by atoms with E-state index in [1.807, 2.05) is 6.92 Å². The molecule has 0 aliphatic rings. The maximum absolute atomic E-state index is 11.3. The number of carbonyl (C=O) groups is 1. The zero-order valence-electron chi connectivity index (χ0n) is 10.1. The number of hydrogen-bond donors (Lipinski definition) is 2. The second-order valence-corrected chi connectivity index (χ2v) is 3.52. The summed E-state index contributed by atoms with van der Waals surface area (Å²) in [6.07, 6.45) is 2.69. The van der Waals surface area contributed by atoms with Gasteiger partial charge in [0.05, 0.1) is 6.61 Å². The van der Waals surface area contributed by atoms with Gasteiger partial charge in [0, 0.05) is 12.6 Å². The van der Waals surface area contributed by atoms with Gasteiger partial charge in [-0.2, -0.15) is 4.98 Å². The van der Waals surface area contributed by atoms with E-state index in [1.54, 1.807) is 6.92 Å². The molecule has 0 saturated heterocycles. The van der Waals surface area contributed by atoms with Crippen LogP contribution in [0, 0.1) is 0 Å². The molecule has 6 nitrogen and oxygen atoms in total. The molecule has 1 heterocycles. The van der Waals surface area contributed by atoms with Crippen LogP contribution >= 0.6 is 0 Å². The van der Waals surface area contributed by atoms with Crippen LogP contribution in [-0.4, -0.2) is 35.3 Å². The van der Waals surface area contributed by atoms with Gasteiger partial charge in [-0.15, -0.1) is 0 Å². The van der Waals surface area contributed by atoms with Gasteiger partial charge in [-0.3, -0.25) is 0 Å². The second kappa shape index (κ2) is 6.90. The molecule has 1 atom stereocenters. The van der Waals surface area contributed by atoms with Crippen LogP contribution in [-0.2, 0) is 4.74 Å². The second-order valence-electron chi connectivity index (χ2n) is 3.52. The summed E-state index contributed by atoms with van der Waals surface area (Å²) < 4.78 is 9.90. The fourth-order valence-electron chi connectivity index (χ4n) is 1.35. The molecule has 0 amide bonds. The number of anilines is 1. The summed E-state index contributed by atoms with van der Waals surface area (Å²) in [6, 6.07) is 0.349. The van der Waals surface area contributed by atoms with Crippen molar-refractivity contribution < 1.29 is 19.1 Å². The first-order valence-corrected chi connectivity index (χ1v) is 5.71. The van der Waals surface area contributed by atoms with E-state index in [4.69, 9.17) is 14.3 Å². The predicted molar refractivity (Wildman–Crippen MR) is 61.9 cm³/mol. The van der Waals surface area contributed by atoms with Crippen molar-refractivity contribution in [3.63, 3.8) is 0 Å². The molecule has 17 heavy (non-hydrogen) atoms. The minimum absolute atomic E-state index is 0.0775. The molecule has 2 N–H and O–H groups in total. The highest BCUT2D eigenvalue weighted by Crippen LogP contribution is 2.12. The van der Waals surface area contributed by atoms with E-state index in [1.165, 1.54) is 6.26 Å². The van der Waals surface area contributed by atoms with Gasteiger partial charge in [0.2, 0.25) is 0 Å². The third-order valence-corrected chi connectivity index (χ3v) is 2.29. The van der Waals surface area contributed by atoms with E-state index < -0.39 is 5.97 Å². The van der Waals surface area contributed by atoms with Crippen molar-refractivity contribution in [1.82, 2.24) is 4.98 Å². The quantitative estimate of drug-likeness (QED) is 0.703. The van der Waals surface area contributed by atoms with Crippen molar-refractivity contribution in [1.29, 1.82) is 0 Å². The van der Waals surface area contributed by atoms with Crippen LogP contribution in [0.5, 0.6) is 0 Å². The highest BCUT2D eigenvalue weighted by molar-refractivity contribution is 5.87. The number of hydrogen-bond acceptors (Lipinski definition) is 6. The van der Waals surface area contributed by atoms with E-state index in [9.17, 15) is 4.79 Å². The Kier molecular flexibility index (Phi) is 5.48. The monoisotopic (exact) mass is 242 g/mol. The maximum atomic E-state index is 11.3. The zero-order chi connectivity index (χ0) is 12.7. The van der Waals surface area contributed by atoms with E-state index in [2.05, 4.69) is 10.3 Å². The van der Waals surface area contributed by atoms with Crippen molar-refractivity contribution in [2.24, 2.45) is 0 Å². The number of aliphatic hydroxyl groups is 1. The Morgan fingerprint density at radius 1 is 1.65 bits per heavy atom. The van der Waals surface area contributed by atoms with E-state index >= 15 is 0 Å². The summed E-state index contributed by atoms with van der Waals surface area (Å²) in [5.74, 6) is -0.500. The number of ether oxygens (including phenoxy) is 1. The van der Waals surface area contributed by atoms with E-state index in [0.29, 0.717) is 13.0 Å². The fourth-order valence-corrected chi connectivity index (χ4v) is 1.35. The Balaban J connectivity index is 2.58. The first-order valence-electron chi connectivity index (χ1n) is 5.71. The molecule has 0 saturated carbocycles. The summed E-state index contributed by atoms with van der Waals surface area (Å²) in [4.78, 5) is 15.3. The van der Waals surface area contributed by atoms with Gasteiger partial charge in [-0.05, 0) is 19.8 Å². The third-order valence-electron chi connectivity index (χ3n) is 2.29. The first-order chi connectivity index (χ1) is 8.21. The average molecular weight is 242 g/mol. The number of nitrogens with one attached hydrogen (secondary N) is 1. The van der Waals surface area contributed by atoms with Crippen molar-refractivity contribution in [2.45, 2.75) is 32.7 Å². The van der Waals surface area contributed by atoms with Crippen LogP contribution in [0.2, 0.25) is 0 Å². The number of aromatic nitrogens is 1. The van der Waals surface area contributed by atoms with Gasteiger partial charge in [-0.25, -0.2) is 4.79 Å². The Hall–Kier alpha value is -1.56. The highest BCUT2D eigenvalue weighted by Gasteiger charge is 2.15. The Bertz CT molecular complexity index is 351. The molecule has 0 aliphatic heterocycles. The molecular formula is C11H18N2O4. The molecular weight excluding hydrogens is 224 g/mol. The van der Waals surface area contributed by atoms with Crippen molar-refractivity contribution >= 4 is 12.0 Å². The van der Waals surface area contributed by atoms with Crippen LogP contribution in [0.4, 0.5) is 6.01 Å². The lowest BCUT2D eigenvalue weighted by atomic mass is 10.2. The summed E-state index contributed by atoms with van der Waals surface area (Å²) >= 11 is 0. The van der Waals surface area contributed by atoms with Crippen LogP contribution in [0.25, 0.3) is 0 Å². The molecule has 1 aromatic rings. The predicted octanol–water partition coefficient (Wildman–Crippen LogP) is 1.42. The number of rotatable bonds is 7. The molecule has 0 radical (unpaired) electrons. The number of nitrogens with zero attached hydrogens (tertiary/aromatic N) is 1. The van der Waals surface area contributed by atoms with Gasteiger partial charge < -0.3 is 19.6 Å². The number of oxazole rings is 1. The van der Waals surface area contributed by atoms with Gasteiger partial charge in [0.15, 0.2) is 5.69 Å². The van der Waals surface area contributed by atoms with E-state index in [-0.39, 0.29) is 24.4 Å². The third kappa shape index (κ3) is 4.07. The van der Waals surface area contributed by atoms with Crippen LogP contribution < -0.4 is 5.32 Å². The molecule has 0 aliphatic carbocycles. The van der Waals surface area contributed by atoms with Crippen molar-refractivity contribution in [3.05, 3.63) is 12.0 Å². The average Bonchev–Trinajstić information content (AvgIpc) is 2.77. The number of aliphatic hydroxyl groups excluding tert-OH is 1. The smallest absolute Gasteiger partial charge is 0.360 e. The summed E-state index contributed by atoms with van der Waals surface area (Å²) in [7, 11) is 0. The molecule has 0 spiro atoms. The summed E-state index contributed by atoms with van der Waals surface area (Å²) in [6.45, 7) is 4.11. The van der Waals surface area contributed by atoms with Crippen LogP contribution in [0.15, 0.2) is 10.7 Å². The molecule has 1 rings (SSSR count). The summed E-state index contributed by atoms with van der Waals surface area (Å²) in [5, 5.41) is 11.8. The van der Waals surface area contributed by atoms with Gasteiger partial charge in [-0.1, -0.05) is 6.92 Å². The van der Waals surface area contributed by atoms with E-state index in [0.717, 1.165) is 6.42 Å². The topological polar surface area (TPSA) is 84.6 Å². The fraction of sp³-hybridized carbons (Fsp3) is 0.636. The Morgan fingerprint density at radius 3 is 3.00 bits per heavy atom. The van der Waals surface area contributed by atoms with Crippen molar-refractivity contribution in [3.8, 4) is 0 Å². The molecule has 0 aromatic carbocycles. The largest absolute Gasteiger partial charge is 0.461 e. The number of carbonyl (C=O) groups excluding carboxylic acids is 1. The summed E-state index contributed by atoms with van der Waals surface area (Å²) in [5.41, 5.74) is 0.146. The Labute approximate surface area is 100.0 Å². The maximum Gasteiger partial charge on any atom is 0.360 e.